The summed E-state index contributed by atoms with van der Waals surface area (Å²) in [5, 5.41) is 0. The Hall–Kier alpha value is -1.64. The summed E-state index contributed by atoms with van der Waals surface area (Å²) in [6.07, 6.45) is 2.72. The highest BCUT2D eigenvalue weighted by molar-refractivity contribution is 5.85. The highest BCUT2D eigenvalue weighted by Crippen LogP contribution is 2.15. The molecule has 0 N–H and O–H groups in total. The minimum Gasteiger partial charge on any atom is -0.303 e. The second kappa shape index (κ2) is 2.69. The lowest BCUT2D eigenvalue weighted by Crippen LogP contribution is -1.89. The summed E-state index contributed by atoms with van der Waals surface area (Å²) in [5.41, 5.74) is 2.51. The highest BCUT2D eigenvalue weighted by atomic mass is 16.1. The molecule has 0 atom stereocenters. The van der Waals surface area contributed by atoms with Crippen molar-refractivity contribution in [3.63, 3.8) is 0 Å². The largest absolute Gasteiger partial charge is 0.303 e. The standard InChI is InChI=1S/C10H10N2O/c1-7-4-3-5-12-8(2)11-9(6-13)10(7)12/h3-6H,1-2H3. The van der Waals surface area contributed by atoms with Crippen LogP contribution >= 0.6 is 0 Å². The van der Waals surface area contributed by atoms with Gasteiger partial charge >= 0.3 is 0 Å². The zero-order chi connectivity index (χ0) is 9.42. The van der Waals surface area contributed by atoms with Crippen molar-refractivity contribution < 1.29 is 4.79 Å². The monoisotopic (exact) mass is 174 g/mol. The lowest BCUT2D eigenvalue weighted by Gasteiger charge is -1.98. The van der Waals surface area contributed by atoms with Crippen LogP contribution in [0, 0.1) is 13.8 Å². The van der Waals surface area contributed by atoms with E-state index in [1.54, 1.807) is 0 Å². The fraction of sp³-hybridized carbons (Fsp3) is 0.200. The maximum absolute atomic E-state index is 10.7. The predicted octanol–water partition coefficient (Wildman–Crippen LogP) is 1.76. The van der Waals surface area contributed by atoms with Crippen molar-refractivity contribution in [3.05, 3.63) is 35.4 Å². The summed E-state index contributed by atoms with van der Waals surface area (Å²) in [6.45, 7) is 3.86. The van der Waals surface area contributed by atoms with Crippen molar-refractivity contribution >= 4 is 11.8 Å². The molecule has 0 aliphatic rings. The third-order valence-electron chi connectivity index (χ3n) is 2.18. The maximum Gasteiger partial charge on any atom is 0.170 e. The second-order valence-electron chi connectivity index (χ2n) is 3.07. The summed E-state index contributed by atoms with van der Waals surface area (Å²) >= 11 is 0. The molecule has 3 heteroatoms. The number of aromatic nitrogens is 2. The fourth-order valence-electron chi connectivity index (χ4n) is 1.58. The molecule has 0 bridgehead atoms. The first-order chi connectivity index (χ1) is 6.24. The summed E-state index contributed by atoms with van der Waals surface area (Å²) in [4.78, 5) is 14.9. The molecule has 2 heterocycles. The molecule has 66 valence electrons. The van der Waals surface area contributed by atoms with E-state index < -0.39 is 0 Å². The smallest absolute Gasteiger partial charge is 0.170 e. The Morgan fingerprint density at radius 3 is 2.92 bits per heavy atom. The summed E-state index contributed by atoms with van der Waals surface area (Å²) in [7, 11) is 0. The van der Waals surface area contributed by atoms with E-state index in [9.17, 15) is 4.79 Å². The van der Waals surface area contributed by atoms with Crippen LogP contribution in [0.25, 0.3) is 5.52 Å². The Morgan fingerprint density at radius 2 is 2.23 bits per heavy atom. The van der Waals surface area contributed by atoms with Crippen molar-refractivity contribution in [1.29, 1.82) is 0 Å². The molecule has 2 aromatic rings. The number of aryl methyl sites for hydroxylation is 2. The minimum atomic E-state index is 0.524. The van der Waals surface area contributed by atoms with Gasteiger partial charge in [0.1, 0.15) is 11.5 Å². The molecule has 0 unspecified atom stereocenters. The first-order valence-electron chi connectivity index (χ1n) is 4.13. The van der Waals surface area contributed by atoms with Crippen molar-refractivity contribution in [2.45, 2.75) is 13.8 Å². The Morgan fingerprint density at radius 1 is 1.46 bits per heavy atom. The van der Waals surface area contributed by atoms with E-state index in [0.717, 1.165) is 23.2 Å². The van der Waals surface area contributed by atoms with E-state index in [0.29, 0.717) is 5.69 Å². The Balaban J connectivity index is 2.96. The van der Waals surface area contributed by atoms with E-state index in [4.69, 9.17) is 0 Å². The molecule has 13 heavy (non-hydrogen) atoms. The van der Waals surface area contributed by atoms with Crippen molar-refractivity contribution in [3.8, 4) is 0 Å². The Bertz CT molecular complexity index is 471. The number of pyridine rings is 1. The number of carbonyl (C=O) groups is 1. The van der Waals surface area contributed by atoms with Crippen LogP contribution in [0.5, 0.6) is 0 Å². The first kappa shape index (κ1) is 7.98. The SMILES string of the molecule is Cc1cccn2c(C)nc(C=O)c12. The van der Waals surface area contributed by atoms with Crippen LogP contribution in [0.15, 0.2) is 18.3 Å². The number of hydrogen-bond acceptors (Lipinski definition) is 2. The lowest BCUT2D eigenvalue weighted by atomic mass is 10.2. The van der Waals surface area contributed by atoms with Crippen LogP contribution in [0.2, 0.25) is 0 Å². The number of aldehydes is 1. The van der Waals surface area contributed by atoms with E-state index in [1.807, 2.05) is 36.6 Å². The molecule has 2 aromatic heterocycles. The Kier molecular flexibility index (Phi) is 1.65. The molecular weight excluding hydrogens is 164 g/mol. The van der Waals surface area contributed by atoms with Gasteiger partial charge in [0, 0.05) is 6.20 Å². The van der Waals surface area contributed by atoms with Crippen molar-refractivity contribution in [1.82, 2.24) is 9.38 Å². The normalized spacial score (nSPS) is 10.6. The van der Waals surface area contributed by atoms with Gasteiger partial charge in [-0.3, -0.25) is 4.79 Å². The molecule has 0 aliphatic carbocycles. The predicted molar refractivity (Wildman–Crippen MR) is 50.1 cm³/mol. The van der Waals surface area contributed by atoms with Crippen molar-refractivity contribution in [2.24, 2.45) is 0 Å². The van der Waals surface area contributed by atoms with Gasteiger partial charge in [0.05, 0.1) is 5.52 Å². The molecule has 0 saturated carbocycles. The summed E-state index contributed by atoms with van der Waals surface area (Å²) < 4.78 is 1.93. The van der Waals surface area contributed by atoms with E-state index in [1.165, 1.54) is 0 Å². The molecule has 0 spiro atoms. The van der Waals surface area contributed by atoms with E-state index >= 15 is 0 Å². The molecule has 0 aliphatic heterocycles. The van der Waals surface area contributed by atoms with Gasteiger partial charge in [-0.15, -0.1) is 0 Å². The van der Waals surface area contributed by atoms with Gasteiger partial charge in [0.15, 0.2) is 6.29 Å². The second-order valence-corrected chi connectivity index (χ2v) is 3.07. The number of nitrogens with zero attached hydrogens (tertiary/aromatic N) is 2. The fourth-order valence-corrected chi connectivity index (χ4v) is 1.58. The maximum atomic E-state index is 10.7. The number of imidazole rings is 1. The highest BCUT2D eigenvalue weighted by Gasteiger charge is 2.08. The van der Waals surface area contributed by atoms with Crippen LogP contribution in [-0.4, -0.2) is 15.7 Å². The molecule has 0 fully saturated rings. The van der Waals surface area contributed by atoms with Crippen LogP contribution in [-0.2, 0) is 0 Å². The number of fused-ring (bicyclic) bond motifs is 1. The minimum absolute atomic E-state index is 0.524. The van der Waals surface area contributed by atoms with Gasteiger partial charge in [-0.05, 0) is 25.5 Å². The van der Waals surface area contributed by atoms with Gasteiger partial charge < -0.3 is 4.40 Å². The molecule has 0 aromatic carbocycles. The van der Waals surface area contributed by atoms with Gasteiger partial charge in [-0.2, -0.15) is 0 Å². The zero-order valence-electron chi connectivity index (χ0n) is 7.61. The van der Waals surface area contributed by atoms with Gasteiger partial charge in [0.25, 0.3) is 0 Å². The molecular formula is C10H10N2O. The molecule has 2 rings (SSSR count). The first-order valence-corrected chi connectivity index (χ1v) is 4.13. The quantitative estimate of drug-likeness (QED) is 0.617. The van der Waals surface area contributed by atoms with Gasteiger partial charge in [0.2, 0.25) is 0 Å². The number of rotatable bonds is 1. The summed E-state index contributed by atoms with van der Waals surface area (Å²) in [6, 6.07) is 3.93. The van der Waals surface area contributed by atoms with Crippen LogP contribution in [0.3, 0.4) is 0 Å². The molecule has 3 nitrogen and oxygen atoms in total. The van der Waals surface area contributed by atoms with Crippen LogP contribution < -0.4 is 0 Å². The topological polar surface area (TPSA) is 34.4 Å². The third-order valence-corrected chi connectivity index (χ3v) is 2.18. The Labute approximate surface area is 76.0 Å². The van der Waals surface area contributed by atoms with E-state index in [2.05, 4.69) is 4.98 Å². The average molecular weight is 174 g/mol. The van der Waals surface area contributed by atoms with E-state index in [-0.39, 0.29) is 0 Å². The molecule has 0 radical (unpaired) electrons. The average Bonchev–Trinajstić information content (AvgIpc) is 2.45. The zero-order valence-corrected chi connectivity index (χ0v) is 7.61. The summed E-state index contributed by atoms with van der Waals surface area (Å²) in [5.74, 6) is 0.848. The molecule has 0 amide bonds. The molecule has 0 saturated heterocycles. The van der Waals surface area contributed by atoms with Gasteiger partial charge in [-0.25, -0.2) is 4.98 Å². The number of carbonyl (C=O) groups excluding carboxylic acids is 1. The lowest BCUT2D eigenvalue weighted by molar-refractivity contribution is 0.112. The van der Waals surface area contributed by atoms with Crippen LogP contribution in [0.1, 0.15) is 21.9 Å². The van der Waals surface area contributed by atoms with Gasteiger partial charge in [-0.1, -0.05) is 6.07 Å². The van der Waals surface area contributed by atoms with Crippen LogP contribution in [0.4, 0.5) is 0 Å². The third kappa shape index (κ3) is 1.04. The van der Waals surface area contributed by atoms with Crippen molar-refractivity contribution in [2.75, 3.05) is 0 Å². The number of hydrogen-bond donors (Lipinski definition) is 0.